The number of carbonyl (C=O) groups is 2. The molecule has 1 aliphatic rings. The zero-order chi connectivity index (χ0) is 34.8. The number of nitrogens with zero attached hydrogens (tertiary/aromatic N) is 1. The lowest BCUT2D eigenvalue weighted by Gasteiger charge is -2.44. The van der Waals surface area contributed by atoms with Crippen molar-refractivity contribution in [2.24, 2.45) is 5.92 Å². The Balaban J connectivity index is 1.68. The third kappa shape index (κ3) is 7.44. The number of hydrogen-bond donors (Lipinski definition) is 3. The van der Waals surface area contributed by atoms with Crippen molar-refractivity contribution in [2.45, 2.75) is 63.1 Å². The summed E-state index contributed by atoms with van der Waals surface area (Å²) in [7, 11) is 0. The summed E-state index contributed by atoms with van der Waals surface area (Å²) in [6.45, 7) is 3.83. The van der Waals surface area contributed by atoms with E-state index in [-0.39, 0.29) is 37.5 Å². The summed E-state index contributed by atoms with van der Waals surface area (Å²) >= 11 is 6.73. The van der Waals surface area contributed by atoms with E-state index in [0.29, 0.717) is 47.5 Å². The van der Waals surface area contributed by atoms with Crippen molar-refractivity contribution in [3.63, 3.8) is 0 Å². The summed E-state index contributed by atoms with van der Waals surface area (Å²) in [5.41, 5.74) is -5.44. The van der Waals surface area contributed by atoms with Crippen LogP contribution in [0.3, 0.4) is 0 Å². The van der Waals surface area contributed by atoms with E-state index in [1.54, 1.807) is 18.2 Å². The van der Waals surface area contributed by atoms with Gasteiger partial charge in [0.25, 0.3) is 11.5 Å². The molecule has 0 bridgehead atoms. The molecule has 0 saturated carbocycles. The molecule has 1 aliphatic heterocycles. The van der Waals surface area contributed by atoms with Gasteiger partial charge in [-0.15, -0.1) is 0 Å². The first kappa shape index (κ1) is 36.2. The summed E-state index contributed by atoms with van der Waals surface area (Å²) < 4.78 is 80.2. The molecular formula is C34H35ClF6N2O4. The van der Waals surface area contributed by atoms with Gasteiger partial charge in [-0.2, -0.15) is 26.3 Å². The number of carbonyl (C=O) groups excluding carboxylic acids is 2. The monoisotopic (exact) mass is 684 g/mol. The summed E-state index contributed by atoms with van der Waals surface area (Å²) in [6, 6.07) is 15.3. The Bertz CT molecular complexity index is 1580. The van der Waals surface area contributed by atoms with Gasteiger partial charge >= 0.3 is 12.4 Å². The maximum Gasteiger partial charge on any atom is 0.430 e. The molecule has 2 amide bonds. The minimum atomic E-state index is -6.06. The number of likely N-dealkylation sites (tertiary alicyclic amines) is 1. The van der Waals surface area contributed by atoms with Crippen LogP contribution in [0, 0.1) is 12.8 Å². The fourth-order valence-corrected chi connectivity index (χ4v) is 6.52. The van der Waals surface area contributed by atoms with Gasteiger partial charge in [-0.3, -0.25) is 9.59 Å². The number of aryl methyl sites for hydroxylation is 1. The molecule has 4 rings (SSSR count). The molecule has 0 aromatic heterocycles. The molecule has 1 heterocycles. The third-order valence-corrected chi connectivity index (χ3v) is 8.96. The lowest BCUT2D eigenvalue weighted by atomic mass is 9.72. The van der Waals surface area contributed by atoms with Crippen LogP contribution >= 0.6 is 11.6 Å². The van der Waals surface area contributed by atoms with E-state index in [4.69, 9.17) is 11.6 Å². The Morgan fingerprint density at radius 2 is 1.60 bits per heavy atom. The normalized spacial score (nSPS) is 17.3. The van der Waals surface area contributed by atoms with Gasteiger partial charge < -0.3 is 20.4 Å². The molecule has 2 atom stereocenters. The van der Waals surface area contributed by atoms with Gasteiger partial charge in [0.05, 0.1) is 5.60 Å². The van der Waals surface area contributed by atoms with E-state index in [9.17, 15) is 46.1 Å². The Morgan fingerprint density at radius 3 is 2.19 bits per heavy atom. The largest absolute Gasteiger partial charge is 0.430 e. The lowest BCUT2D eigenvalue weighted by Crippen LogP contribution is -2.53. The number of nitrogens with one attached hydrogen (secondary N) is 1. The molecule has 3 N–H and O–H groups in total. The second kappa shape index (κ2) is 13.9. The van der Waals surface area contributed by atoms with Crippen molar-refractivity contribution >= 4 is 23.4 Å². The molecule has 13 heteroatoms. The van der Waals surface area contributed by atoms with Crippen LogP contribution in [0.1, 0.15) is 59.7 Å². The van der Waals surface area contributed by atoms with Gasteiger partial charge in [-0.1, -0.05) is 65.7 Å². The molecule has 254 valence electrons. The Morgan fingerprint density at radius 1 is 0.957 bits per heavy atom. The van der Waals surface area contributed by atoms with Gasteiger partial charge in [-0.05, 0) is 61.9 Å². The van der Waals surface area contributed by atoms with Crippen LogP contribution in [0.15, 0.2) is 66.7 Å². The van der Waals surface area contributed by atoms with Crippen LogP contribution in [0.5, 0.6) is 0 Å². The number of rotatable bonds is 9. The number of halogens is 7. The van der Waals surface area contributed by atoms with E-state index in [2.05, 4.69) is 5.32 Å². The number of piperidine rings is 1. The summed E-state index contributed by atoms with van der Waals surface area (Å²) in [4.78, 5) is 26.5. The highest BCUT2D eigenvalue weighted by molar-refractivity contribution is 6.33. The number of aliphatic hydroxyl groups is 2. The molecule has 3 aromatic rings. The third-order valence-electron chi connectivity index (χ3n) is 8.65. The van der Waals surface area contributed by atoms with E-state index in [0.717, 1.165) is 23.3 Å². The lowest BCUT2D eigenvalue weighted by molar-refractivity contribution is -0.376. The number of benzene rings is 3. The predicted molar refractivity (Wildman–Crippen MR) is 165 cm³/mol. The maximum absolute atomic E-state index is 13.5. The van der Waals surface area contributed by atoms with Crippen LogP contribution in [0.4, 0.5) is 26.3 Å². The zero-order valence-corrected chi connectivity index (χ0v) is 26.4. The molecule has 3 aromatic carbocycles. The molecule has 6 nitrogen and oxygen atoms in total. The first-order valence-corrected chi connectivity index (χ1v) is 15.4. The smallest absolute Gasteiger partial charge is 0.385 e. The van der Waals surface area contributed by atoms with Crippen LogP contribution in [-0.4, -0.2) is 58.9 Å². The predicted octanol–water partition coefficient (Wildman–Crippen LogP) is 7.28. The Kier molecular flexibility index (Phi) is 10.7. The van der Waals surface area contributed by atoms with Gasteiger partial charge in [0.15, 0.2) is 0 Å². The summed E-state index contributed by atoms with van der Waals surface area (Å²) in [5.74, 6) is -1.45. The highest BCUT2D eigenvalue weighted by atomic mass is 35.5. The van der Waals surface area contributed by atoms with Crippen molar-refractivity contribution in [3.8, 4) is 11.1 Å². The molecule has 0 radical (unpaired) electrons. The zero-order valence-electron chi connectivity index (χ0n) is 25.7. The summed E-state index contributed by atoms with van der Waals surface area (Å²) in [6.07, 6.45) is -10.6. The molecule has 1 fully saturated rings. The highest BCUT2D eigenvalue weighted by Gasteiger charge is 2.71. The fraction of sp³-hybridized carbons (Fsp3) is 0.412. The second-order valence-corrected chi connectivity index (χ2v) is 12.3. The fourth-order valence-electron chi connectivity index (χ4n) is 6.24. The average molecular weight is 685 g/mol. The van der Waals surface area contributed by atoms with Crippen LogP contribution in [0.2, 0.25) is 5.02 Å². The minimum absolute atomic E-state index is 0.0199. The van der Waals surface area contributed by atoms with Crippen molar-refractivity contribution in [1.29, 1.82) is 0 Å². The van der Waals surface area contributed by atoms with Crippen LogP contribution in [0.25, 0.3) is 11.1 Å². The standard InChI is InChI=1S/C34H35ClF6N2O4/c1-21-7-3-8-24(19-21)29-27(10-4-11-28(29)35)31(46,16-6-17-42-22(2)44)26-9-5-18-43(20-26)30(45)23-12-14-25(15-13-23)32(47,33(36,37)38)34(39,40)41/h3-4,7-8,10-15,19,26,46-47H,5-6,9,16-18,20H2,1-2H3,(H,42,44)/t26-,31+/m1/s1. The minimum Gasteiger partial charge on any atom is -0.385 e. The van der Waals surface area contributed by atoms with Crippen molar-refractivity contribution in [2.75, 3.05) is 19.6 Å². The molecule has 47 heavy (non-hydrogen) atoms. The van der Waals surface area contributed by atoms with Crippen molar-refractivity contribution < 1.29 is 46.1 Å². The maximum atomic E-state index is 13.5. The summed E-state index contributed by atoms with van der Waals surface area (Å²) in [5, 5.41) is 25.4. The van der Waals surface area contributed by atoms with E-state index >= 15 is 0 Å². The molecular weight excluding hydrogens is 650 g/mol. The van der Waals surface area contributed by atoms with Gasteiger partial charge in [-0.25, -0.2) is 0 Å². The number of amides is 2. The van der Waals surface area contributed by atoms with Crippen molar-refractivity contribution in [3.05, 3.63) is 94.0 Å². The van der Waals surface area contributed by atoms with E-state index in [1.807, 2.05) is 31.2 Å². The van der Waals surface area contributed by atoms with Gasteiger partial charge in [0, 0.05) is 54.2 Å². The Labute approximate surface area is 273 Å². The Hall–Kier alpha value is -3.61. The SMILES string of the molecule is CC(=O)NCCC[C@@](O)(c1cccc(Cl)c1-c1cccc(C)c1)[C@@H]1CCCN(C(=O)c2ccc(C(O)(C(F)(F)F)C(F)(F)F)cc2)C1. The number of hydrogen-bond acceptors (Lipinski definition) is 4. The highest BCUT2D eigenvalue weighted by Crippen LogP contribution is 2.50. The molecule has 0 unspecified atom stereocenters. The average Bonchev–Trinajstić information content (AvgIpc) is 3.01. The second-order valence-electron chi connectivity index (χ2n) is 11.9. The van der Waals surface area contributed by atoms with Crippen molar-refractivity contribution in [1.82, 2.24) is 10.2 Å². The topological polar surface area (TPSA) is 89.9 Å². The molecule has 1 saturated heterocycles. The quantitative estimate of drug-likeness (QED) is 0.163. The van der Waals surface area contributed by atoms with Crippen LogP contribution in [-0.2, 0) is 16.0 Å². The van der Waals surface area contributed by atoms with E-state index < -0.39 is 40.9 Å². The first-order valence-electron chi connectivity index (χ1n) is 15.0. The van der Waals surface area contributed by atoms with Gasteiger partial charge in [0.1, 0.15) is 0 Å². The van der Waals surface area contributed by atoms with Crippen LogP contribution < -0.4 is 5.32 Å². The van der Waals surface area contributed by atoms with E-state index in [1.165, 1.54) is 11.8 Å². The molecule has 0 aliphatic carbocycles. The molecule has 0 spiro atoms. The number of alkyl halides is 6. The first-order chi connectivity index (χ1) is 21.9. The van der Waals surface area contributed by atoms with Gasteiger partial charge in [0.2, 0.25) is 5.91 Å².